The summed E-state index contributed by atoms with van der Waals surface area (Å²) in [5.74, 6) is -0.107. The fraction of sp³-hybridized carbons (Fsp3) is 0.594. The zero-order valence-electron chi connectivity index (χ0n) is 25.2. The molecule has 1 saturated carbocycles. The highest BCUT2D eigenvalue weighted by Crippen LogP contribution is 2.40. The molecule has 8 heteroatoms. The molecule has 1 aliphatic carbocycles. The van der Waals surface area contributed by atoms with Crippen molar-refractivity contribution in [2.24, 2.45) is 22.1 Å². The van der Waals surface area contributed by atoms with E-state index in [9.17, 15) is 14.0 Å². The van der Waals surface area contributed by atoms with E-state index in [0.29, 0.717) is 24.7 Å². The number of rotatable bonds is 11. The molecule has 3 unspecified atom stereocenters. The van der Waals surface area contributed by atoms with Gasteiger partial charge in [0, 0.05) is 11.4 Å². The first-order valence-electron chi connectivity index (χ1n) is 14.4. The largest absolute Gasteiger partial charge is 0.386 e. The smallest absolute Gasteiger partial charge is 0.258 e. The maximum atomic E-state index is 14.5. The van der Waals surface area contributed by atoms with Gasteiger partial charge in [0.2, 0.25) is 5.91 Å². The highest BCUT2D eigenvalue weighted by Gasteiger charge is 2.53. The number of hydrogen-bond acceptors (Lipinski definition) is 4. The van der Waals surface area contributed by atoms with Crippen LogP contribution >= 0.6 is 11.8 Å². The molecule has 0 aromatic heterocycles. The molecule has 40 heavy (non-hydrogen) atoms. The zero-order chi connectivity index (χ0) is 29.8. The number of nitrogens with one attached hydrogen (secondary N) is 1. The minimum atomic E-state index is -1.84. The fourth-order valence-electron chi connectivity index (χ4n) is 5.14. The molecular formula is C32H47FN4O2S. The molecule has 3 atom stereocenters. The Morgan fingerprint density at radius 3 is 2.38 bits per heavy atom. The lowest BCUT2D eigenvalue weighted by molar-refractivity contribution is -0.141. The lowest BCUT2D eigenvalue weighted by Crippen LogP contribution is -2.58. The molecular weight excluding hydrogens is 523 g/mol. The lowest BCUT2D eigenvalue weighted by atomic mass is 9.85. The Labute approximate surface area is 244 Å². The number of allylic oxidation sites excluding steroid dienone is 1. The number of hydrogen-bond donors (Lipinski definition) is 2. The number of halogens is 1. The SMILES string of the molecule is C=CSC(=C(C)C)c1ccc(C(CC(C)C)N=C(N)C2CCCN2C(=O)C(NC(=O)C2(F)CC2)C(C)(C)C)cc1. The standard InChI is InChI=1S/C32H47FN4O2S/c1-9-40-26(21(4)5)23-14-12-22(13-15-23)24(19-20(2)3)35-28(34)25-11-10-18-37(25)29(38)27(31(6,7)8)36-30(39)32(33)16-17-32/h9,12-15,20,24-25,27H,1,10-11,16-19H2,2-8H3,(H2,34,35)(H,36,39). The Bertz CT molecular complexity index is 1140. The topological polar surface area (TPSA) is 87.8 Å². The van der Waals surface area contributed by atoms with Crippen LogP contribution in [0.4, 0.5) is 4.39 Å². The van der Waals surface area contributed by atoms with Gasteiger partial charge in [-0.15, -0.1) is 0 Å². The minimum absolute atomic E-state index is 0.145. The predicted molar refractivity (Wildman–Crippen MR) is 166 cm³/mol. The second-order valence-corrected chi connectivity index (χ2v) is 13.8. The third-order valence-corrected chi connectivity index (χ3v) is 8.62. The number of benzene rings is 1. The van der Waals surface area contributed by atoms with Gasteiger partial charge in [-0.25, -0.2) is 4.39 Å². The Hall–Kier alpha value is -2.61. The van der Waals surface area contributed by atoms with Gasteiger partial charge in [-0.3, -0.25) is 14.6 Å². The Balaban J connectivity index is 1.86. The van der Waals surface area contributed by atoms with E-state index >= 15 is 0 Å². The number of nitrogens with zero attached hydrogens (tertiary/aromatic N) is 2. The van der Waals surface area contributed by atoms with Crippen LogP contribution < -0.4 is 11.1 Å². The summed E-state index contributed by atoms with van der Waals surface area (Å²) in [5.41, 5.74) is 7.66. The first-order chi connectivity index (χ1) is 18.7. The van der Waals surface area contributed by atoms with E-state index in [0.717, 1.165) is 24.0 Å². The van der Waals surface area contributed by atoms with E-state index in [1.54, 1.807) is 16.7 Å². The molecule has 6 nitrogen and oxygen atoms in total. The number of thioether (sulfide) groups is 1. The van der Waals surface area contributed by atoms with Crippen molar-refractivity contribution in [2.45, 2.75) is 104 Å². The van der Waals surface area contributed by atoms with Crippen LogP contribution in [0.2, 0.25) is 0 Å². The summed E-state index contributed by atoms with van der Waals surface area (Å²) >= 11 is 1.62. The van der Waals surface area contributed by atoms with Crippen LogP contribution in [0.25, 0.3) is 4.91 Å². The van der Waals surface area contributed by atoms with Crippen LogP contribution in [-0.2, 0) is 9.59 Å². The van der Waals surface area contributed by atoms with Crippen LogP contribution in [0.3, 0.4) is 0 Å². The number of nitrogens with two attached hydrogens (primary N) is 1. The molecule has 220 valence electrons. The summed E-state index contributed by atoms with van der Waals surface area (Å²) < 4.78 is 14.5. The van der Waals surface area contributed by atoms with Crippen LogP contribution in [0, 0.1) is 11.3 Å². The molecule has 3 rings (SSSR count). The summed E-state index contributed by atoms with van der Waals surface area (Å²) in [4.78, 5) is 34.3. The summed E-state index contributed by atoms with van der Waals surface area (Å²) in [6.45, 7) is 18.5. The first kappa shape index (κ1) is 31.9. The average molecular weight is 571 g/mol. The highest BCUT2D eigenvalue weighted by molar-refractivity contribution is 8.10. The molecule has 1 saturated heterocycles. The molecule has 0 radical (unpaired) electrons. The molecule has 1 aliphatic heterocycles. The maximum absolute atomic E-state index is 14.5. The molecule has 1 heterocycles. The molecule has 2 fully saturated rings. The van der Waals surface area contributed by atoms with E-state index in [4.69, 9.17) is 10.7 Å². The van der Waals surface area contributed by atoms with Gasteiger partial charge in [0.25, 0.3) is 5.91 Å². The number of amidine groups is 1. The summed E-state index contributed by atoms with van der Waals surface area (Å²) in [7, 11) is 0. The number of likely N-dealkylation sites (tertiary alicyclic amines) is 1. The Morgan fingerprint density at radius 1 is 1.25 bits per heavy atom. The normalized spacial score (nSPS) is 20.2. The minimum Gasteiger partial charge on any atom is -0.386 e. The van der Waals surface area contributed by atoms with Crippen LogP contribution in [0.5, 0.6) is 0 Å². The molecule has 1 aromatic rings. The van der Waals surface area contributed by atoms with Crippen molar-refractivity contribution < 1.29 is 14.0 Å². The van der Waals surface area contributed by atoms with Crippen molar-refractivity contribution in [3.05, 3.63) is 53.0 Å². The second-order valence-electron chi connectivity index (χ2n) is 12.9. The monoisotopic (exact) mass is 570 g/mol. The van der Waals surface area contributed by atoms with Crippen molar-refractivity contribution in [3.63, 3.8) is 0 Å². The summed E-state index contributed by atoms with van der Waals surface area (Å²) in [5, 5.41) is 4.56. The van der Waals surface area contributed by atoms with Gasteiger partial charge in [0.05, 0.1) is 12.1 Å². The molecule has 0 spiro atoms. The van der Waals surface area contributed by atoms with Crippen molar-refractivity contribution in [1.82, 2.24) is 10.2 Å². The van der Waals surface area contributed by atoms with Crippen LogP contribution in [0.15, 0.2) is 46.8 Å². The number of carbonyl (C=O) groups is 2. The lowest BCUT2D eigenvalue weighted by Gasteiger charge is -2.36. The van der Waals surface area contributed by atoms with Crippen molar-refractivity contribution in [1.29, 1.82) is 0 Å². The predicted octanol–water partition coefficient (Wildman–Crippen LogP) is 6.78. The Kier molecular flexibility index (Phi) is 10.3. The average Bonchev–Trinajstić information content (AvgIpc) is 3.43. The number of aliphatic imine (C=N–C) groups is 1. The quantitative estimate of drug-likeness (QED) is 0.227. The van der Waals surface area contributed by atoms with E-state index in [1.807, 2.05) is 26.2 Å². The number of carbonyl (C=O) groups excluding carboxylic acids is 2. The maximum Gasteiger partial charge on any atom is 0.258 e. The van der Waals surface area contributed by atoms with Gasteiger partial charge in [-0.05, 0) is 73.8 Å². The van der Waals surface area contributed by atoms with Crippen LogP contribution in [-0.4, -0.2) is 46.8 Å². The molecule has 2 aliphatic rings. The van der Waals surface area contributed by atoms with Gasteiger partial charge < -0.3 is 16.0 Å². The summed E-state index contributed by atoms with van der Waals surface area (Å²) in [6.07, 6.45) is 2.72. The van der Waals surface area contributed by atoms with Crippen LogP contribution in [0.1, 0.15) is 97.7 Å². The third kappa shape index (κ3) is 7.77. The van der Waals surface area contributed by atoms with Gasteiger partial charge >= 0.3 is 0 Å². The van der Waals surface area contributed by atoms with Gasteiger partial charge in [-0.1, -0.05) is 82.8 Å². The van der Waals surface area contributed by atoms with Crippen molar-refractivity contribution in [2.75, 3.05) is 6.54 Å². The first-order valence-corrected chi connectivity index (χ1v) is 15.2. The van der Waals surface area contributed by atoms with Crippen molar-refractivity contribution in [3.8, 4) is 0 Å². The second kappa shape index (κ2) is 12.9. The van der Waals surface area contributed by atoms with E-state index in [1.165, 1.54) is 10.5 Å². The zero-order valence-corrected chi connectivity index (χ0v) is 26.0. The fourth-order valence-corrected chi connectivity index (χ4v) is 5.81. The molecule has 0 bridgehead atoms. The Morgan fingerprint density at radius 2 is 1.88 bits per heavy atom. The van der Waals surface area contributed by atoms with Gasteiger partial charge in [-0.2, -0.15) is 0 Å². The number of amides is 2. The molecule has 3 N–H and O–H groups in total. The highest BCUT2D eigenvalue weighted by atomic mass is 32.2. The molecule has 2 amide bonds. The van der Waals surface area contributed by atoms with E-state index < -0.39 is 23.0 Å². The van der Waals surface area contributed by atoms with Crippen molar-refractivity contribution >= 4 is 34.3 Å². The summed E-state index contributed by atoms with van der Waals surface area (Å²) in [6, 6.07) is 7.11. The van der Waals surface area contributed by atoms with E-state index in [-0.39, 0.29) is 30.8 Å². The third-order valence-electron chi connectivity index (χ3n) is 7.57. The van der Waals surface area contributed by atoms with Gasteiger partial charge in [0.15, 0.2) is 5.67 Å². The van der Waals surface area contributed by atoms with E-state index in [2.05, 4.69) is 63.9 Å². The number of alkyl halides is 1. The molecule has 1 aromatic carbocycles. The van der Waals surface area contributed by atoms with Gasteiger partial charge in [0.1, 0.15) is 11.9 Å².